The minimum atomic E-state index is -0.0916. The van der Waals surface area contributed by atoms with Gasteiger partial charge in [-0.1, -0.05) is 50.2 Å². The van der Waals surface area contributed by atoms with Gasteiger partial charge in [0.05, 0.1) is 6.54 Å². The Morgan fingerprint density at radius 1 is 1.27 bits per heavy atom. The molecule has 2 heterocycles. The summed E-state index contributed by atoms with van der Waals surface area (Å²) in [7, 11) is 0. The highest BCUT2D eigenvalue weighted by Crippen LogP contribution is 2.34. The number of nitrogens with zero attached hydrogens (tertiary/aromatic N) is 3. The average molecular weight is 299 g/mol. The van der Waals surface area contributed by atoms with Crippen molar-refractivity contribution in [3.8, 4) is 0 Å². The molecule has 0 aliphatic carbocycles. The first-order valence-corrected chi connectivity index (χ1v) is 8.08. The Morgan fingerprint density at radius 2 is 2.05 bits per heavy atom. The zero-order chi connectivity index (χ0) is 15.7. The average Bonchev–Trinajstić information content (AvgIpc) is 3.09. The number of likely N-dealkylation sites (tertiary alicyclic amines) is 1. The summed E-state index contributed by atoms with van der Waals surface area (Å²) in [6.07, 6.45) is 2.43. The molecule has 2 aromatic rings. The molecule has 0 saturated carbocycles. The van der Waals surface area contributed by atoms with E-state index in [0.717, 1.165) is 18.9 Å². The highest BCUT2D eigenvalue weighted by atomic mass is 16.5. The van der Waals surface area contributed by atoms with Crippen LogP contribution in [0.4, 0.5) is 0 Å². The predicted molar refractivity (Wildman–Crippen MR) is 86.6 cm³/mol. The van der Waals surface area contributed by atoms with E-state index in [1.165, 1.54) is 24.0 Å². The van der Waals surface area contributed by atoms with Gasteiger partial charge in [-0.3, -0.25) is 4.90 Å². The van der Waals surface area contributed by atoms with Gasteiger partial charge in [-0.2, -0.15) is 4.98 Å². The molecule has 0 radical (unpaired) electrons. The molecule has 0 spiro atoms. The second-order valence-electron chi connectivity index (χ2n) is 7.25. The van der Waals surface area contributed by atoms with Gasteiger partial charge in [0.1, 0.15) is 0 Å². The zero-order valence-electron chi connectivity index (χ0n) is 14.0. The van der Waals surface area contributed by atoms with E-state index in [1.54, 1.807) is 0 Å². The van der Waals surface area contributed by atoms with Gasteiger partial charge in [0.15, 0.2) is 5.82 Å². The minimum Gasteiger partial charge on any atom is -0.339 e. The Morgan fingerprint density at radius 3 is 2.73 bits per heavy atom. The largest absolute Gasteiger partial charge is 0.339 e. The van der Waals surface area contributed by atoms with Gasteiger partial charge in [-0.15, -0.1) is 0 Å². The fourth-order valence-corrected chi connectivity index (χ4v) is 3.13. The van der Waals surface area contributed by atoms with Crippen LogP contribution in [0.3, 0.4) is 0 Å². The van der Waals surface area contributed by atoms with E-state index in [4.69, 9.17) is 4.52 Å². The Kier molecular flexibility index (Phi) is 4.04. The van der Waals surface area contributed by atoms with Crippen LogP contribution in [0.15, 0.2) is 28.8 Å². The Hall–Kier alpha value is -1.68. The maximum atomic E-state index is 5.42. The molecule has 0 bridgehead atoms. The van der Waals surface area contributed by atoms with Crippen LogP contribution in [0.1, 0.15) is 62.5 Å². The van der Waals surface area contributed by atoms with Crippen molar-refractivity contribution in [2.75, 3.05) is 6.54 Å². The van der Waals surface area contributed by atoms with E-state index >= 15 is 0 Å². The van der Waals surface area contributed by atoms with Crippen LogP contribution in [0, 0.1) is 6.92 Å². The van der Waals surface area contributed by atoms with Crippen molar-refractivity contribution in [2.45, 2.75) is 58.5 Å². The van der Waals surface area contributed by atoms with Crippen molar-refractivity contribution in [1.82, 2.24) is 15.0 Å². The third-order valence-electron chi connectivity index (χ3n) is 4.37. The van der Waals surface area contributed by atoms with Crippen molar-refractivity contribution in [1.29, 1.82) is 0 Å². The predicted octanol–water partition coefficient (Wildman–Crippen LogP) is 4.01. The van der Waals surface area contributed by atoms with E-state index in [1.807, 2.05) is 0 Å². The van der Waals surface area contributed by atoms with Gasteiger partial charge in [0, 0.05) is 11.5 Å². The molecule has 1 fully saturated rings. The third kappa shape index (κ3) is 3.07. The first-order chi connectivity index (χ1) is 10.4. The summed E-state index contributed by atoms with van der Waals surface area (Å²) >= 11 is 0. The number of rotatable bonds is 3. The summed E-state index contributed by atoms with van der Waals surface area (Å²) in [4.78, 5) is 7.05. The lowest BCUT2D eigenvalue weighted by Gasteiger charge is -2.24. The molecule has 4 nitrogen and oxygen atoms in total. The smallest absolute Gasteiger partial charge is 0.232 e. The molecule has 118 valence electrons. The van der Waals surface area contributed by atoms with Crippen LogP contribution < -0.4 is 0 Å². The molecule has 0 amide bonds. The molecule has 1 aliphatic heterocycles. The second kappa shape index (κ2) is 5.84. The monoisotopic (exact) mass is 299 g/mol. The first-order valence-electron chi connectivity index (χ1n) is 8.08. The molecule has 4 heteroatoms. The second-order valence-corrected chi connectivity index (χ2v) is 7.25. The fourth-order valence-electron chi connectivity index (χ4n) is 3.13. The highest BCUT2D eigenvalue weighted by molar-refractivity contribution is 5.29. The molecule has 0 unspecified atom stereocenters. The molecule has 3 rings (SSSR count). The Labute approximate surface area is 132 Å². The van der Waals surface area contributed by atoms with Crippen molar-refractivity contribution >= 4 is 0 Å². The van der Waals surface area contributed by atoms with Crippen LogP contribution in [0.25, 0.3) is 0 Å². The Bertz CT molecular complexity index is 642. The molecule has 0 N–H and O–H groups in total. The van der Waals surface area contributed by atoms with E-state index in [9.17, 15) is 0 Å². The van der Waals surface area contributed by atoms with Gasteiger partial charge < -0.3 is 4.52 Å². The van der Waals surface area contributed by atoms with Gasteiger partial charge in [0.25, 0.3) is 0 Å². The van der Waals surface area contributed by atoms with Crippen LogP contribution in [0.5, 0.6) is 0 Å². The summed E-state index contributed by atoms with van der Waals surface area (Å²) < 4.78 is 5.42. The fraction of sp³-hybridized carbons (Fsp3) is 0.556. The van der Waals surface area contributed by atoms with E-state index < -0.39 is 0 Å². The number of hydrogen-bond acceptors (Lipinski definition) is 4. The third-order valence-corrected chi connectivity index (χ3v) is 4.37. The summed E-state index contributed by atoms with van der Waals surface area (Å²) in [5.41, 5.74) is 2.70. The van der Waals surface area contributed by atoms with Crippen molar-refractivity contribution in [2.24, 2.45) is 0 Å². The van der Waals surface area contributed by atoms with E-state index in [2.05, 4.69) is 67.0 Å². The van der Waals surface area contributed by atoms with Gasteiger partial charge in [0.2, 0.25) is 5.89 Å². The van der Waals surface area contributed by atoms with E-state index in [-0.39, 0.29) is 5.41 Å². The maximum absolute atomic E-state index is 5.42. The lowest BCUT2D eigenvalue weighted by atomic mass is 9.97. The van der Waals surface area contributed by atoms with Crippen LogP contribution in [0.2, 0.25) is 0 Å². The summed E-state index contributed by atoms with van der Waals surface area (Å²) in [6, 6.07) is 9.14. The molecule has 1 aliphatic rings. The molecular weight excluding hydrogens is 274 g/mol. The van der Waals surface area contributed by atoms with Crippen LogP contribution in [-0.4, -0.2) is 21.6 Å². The summed E-state index contributed by atoms with van der Waals surface area (Å²) in [5, 5.41) is 4.17. The van der Waals surface area contributed by atoms with Gasteiger partial charge in [-0.25, -0.2) is 0 Å². The maximum Gasteiger partial charge on any atom is 0.232 e. The topological polar surface area (TPSA) is 42.2 Å². The quantitative estimate of drug-likeness (QED) is 0.858. The molecular formula is C18H25N3O. The van der Waals surface area contributed by atoms with Gasteiger partial charge in [-0.05, 0) is 37.4 Å². The SMILES string of the molecule is Cc1ccccc1[C@@H]1CCCN1Cc1noc(C(C)(C)C)n1. The number of benzene rings is 1. The van der Waals surface area contributed by atoms with Gasteiger partial charge >= 0.3 is 0 Å². The zero-order valence-corrected chi connectivity index (χ0v) is 14.0. The lowest BCUT2D eigenvalue weighted by Crippen LogP contribution is -2.24. The lowest BCUT2D eigenvalue weighted by molar-refractivity contribution is 0.236. The standard InChI is InChI=1S/C18H25N3O/c1-13-8-5-6-9-14(13)15-10-7-11-21(15)12-16-19-17(22-20-16)18(2,3)4/h5-6,8-9,15H,7,10-12H2,1-4H3/t15-/m0/s1. The molecule has 1 atom stereocenters. The molecule has 1 aromatic carbocycles. The number of hydrogen-bond donors (Lipinski definition) is 0. The minimum absolute atomic E-state index is 0.0916. The molecule has 1 saturated heterocycles. The van der Waals surface area contributed by atoms with E-state index in [0.29, 0.717) is 11.9 Å². The van der Waals surface area contributed by atoms with Crippen LogP contribution in [-0.2, 0) is 12.0 Å². The summed E-state index contributed by atoms with van der Waals surface area (Å²) in [5.74, 6) is 1.51. The number of aromatic nitrogens is 2. The number of aryl methyl sites for hydroxylation is 1. The molecule has 1 aromatic heterocycles. The van der Waals surface area contributed by atoms with Crippen LogP contribution >= 0.6 is 0 Å². The summed E-state index contributed by atoms with van der Waals surface area (Å²) in [6.45, 7) is 10.3. The highest BCUT2D eigenvalue weighted by Gasteiger charge is 2.29. The van der Waals surface area contributed by atoms with Crippen molar-refractivity contribution < 1.29 is 4.52 Å². The molecule has 22 heavy (non-hydrogen) atoms. The van der Waals surface area contributed by atoms with Crippen molar-refractivity contribution in [3.63, 3.8) is 0 Å². The first kappa shape index (κ1) is 15.2. The normalized spacial score (nSPS) is 19.7. The van der Waals surface area contributed by atoms with Crippen molar-refractivity contribution in [3.05, 3.63) is 47.1 Å². The Balaban J connectivity index is 1.77.